The van der Waals surface area contributed by atoms with Crippen LogP contribution in [0.15, 0.2) is 24.5 Å². The molecule has 0 aliphatic rings. The number of nitrogens with one attached hydrogen (secondary N) is 1. The minimum absolute atomic E-state index is 0.0544. The van der Waals surface area contributed by atoms with Crippen LogP contribution in [0.1, 0.15) is 32.1 Å². The van der Waals surface area contributed by atoms with Gasteiger partial charge in [0.25, 0.3) is 0 Å². The quantitative estimate of drug-likeness (QED) is 0.630. The van der Waals surface area contributed by atoms with Crippen LogP contribution in [0, 0.1) is 0 Å². The number of nitrogens with zero attached hydrogens (tertiary/aromatic N) is 1. The number of hydrogen-bond acceptors (Lipinski definition) is 4. The maximum Gasteiger partial charge on any atom is 0.220 e. The summed E-state index contributed by atoms with van der Waals surface area (Å²) in [5, 5.41) is 11.5. The maximum atomic E-state index is 11.5. The standard InChI is InChI=1S/C14H22N2O3/c17-10-3-1-2-9-16-14(18)7-5-11-19-13-6-4-8-15-12-13/h4,6,8,12,17H,1-3,5,7,9-11H2,(H,16,18). The second kappa shape index (κ2) is 10.3. The van der Waals surface area contributed by atoms with Crippen LogP contribution in [0.4, 0.5) is 0 Å². The lowest BCUT2D eigenvalue weighted by molar-refractivity contribution is -0.121. The van der Waals surface area contributed by atoms with Crippen LogP contribution in [-0.2, 0) is 4.79 Å². The van der Waals surface area contributed by atoms with E-state index in [4.69, 9.17) is 9.84 Å². The Morgan fingerprint density at radius 1 is 1.32 bits per heavy atom. The molecule has 0 saturated carbocycles. The zero-order chi connectivity index (χ0) is 13.8. The van der Waals surface area contributed by atoms with Crippen molar-refractivity contribution >= 4 is 5.91 Å². The summed E-state index contributed by atoms with van der Waals surface area (Å²) in [6.45, 7) is 1.42. The van der Waals surface area contributed by atoms with Crippen molar-refractivity contribution in [2.24, 2.45) is 0 Å². The second-order valence-corrected chi connectivity index (χ2v) is 4.27. The fourth-order valence-electron chi connectivity index (χ4n) is 1.58. The average molecular weight is 266 g/mol. The van der Waals surface area contributed by atoms with E-state index in [1.807, 2.05) is 12.1 Å². The Kier molecular flexibility index (Phi) is 8.38. The molecule has 0 aromatic carbocycles. The van der Waals surface area contributed by atoms with Crippen LogP contribution in [-0.4, -0.2) is 35.8 Å². The molecule has 5 nitrogen and oxygen atoms in total. The van der Waals surface area contributed by atoms with Crippen molar-refractivity contribution in [1.82, 2.24) is 10.3 Å². The van der Waals surface area contributed by atoms with E-state index in [0.29, 0.717) is 26.0 Å². The summed E-state index contributed by atoms with van der Waals surface area (Å²) in [6.07, 6.45) is 7.17. The molecular weight excluding hydrogens is 244 g/mol. The van der Waals surface area contributed by atoms with E-state index in [-0.39, 0.29) is 12.5 Å². The molecular formula is C14H22N2O3. The number of aliphatic hydroxyl groups is 1. The zero-order valence-corrected chi connectivity index (χ0v) is 11.2. The number of pyridine rings is 1. The predicted molar refractivity (Wildman–Crippen MR) is 72.9 cm³/mol. The molecule has 106 valence electrons. The molecule has 0 aliphatic carbocycles. The van der Waals surface area contributed by atoms with Gasteiger partial charge in [-0.2, -0.15) is 0 Å². The summed E-state index contributed by atoms with van der Waals surface area (Å²) in [5.41, 5.74) is 0. The van der Waals surface area contributed by atoms with Gasteiger partial charge in [-0.3, -0.25) is 9.78 Å². The molecule has 0 spiro atoms. The Labute approximate surface area is 114 Å². The molecule has 1 rings (SSSR count). The molecule has 0 radical (unpaired) electrons. The van der Waals surface area contributed by atoms with Crippen LogP contribution in [0.2, 0.25) is 0 Å². The van der Waals surface area contributed by atoms with Crippen molar-refractivity contribution in [3.8, 4) is 5.75 Å². The summed E-state index contributed by atoms with van der Waals surface area (Å²) in [6, 6.07) is 3.66. The Morgan fingerprint density at radius 3 is 2.95 bits per heavy atom. The third kappa shape index (κ3) is 8.15. The van der Waals surface area contributed by atoms with Crippen molar-refractivity contribution in [3.63, 3.8) is 0 Å². The van der Waals surface area contributed by atoms with Gasteiger partial charge in [-0.1, -0.05) is 0 Å². The van der Waals surface area contributed by atoms with Gasteiger partial charge in [-0.25, -0.2) is 0 Å². The topological polar surface area (TPSA) is 71.5 Å². The fourth-order valence-corrected chi connectivity index (χ4v) is 1.58. The summed E-state index contributed by atoms with van der Waals surface area (Å²) < 4.78 is 5.44. The fraction of sp³-hybridized carbons (Fsp3) is 0.571. The normalized spacial score (nSPS) is 10.2. The number of aromatic nitrogens is 1. The second-order valence-electron chi connectivity index (χ2n) is 4.27. The van der Waals surface area contributed by atoms with E-state index < -0.39 is 0 Å². The third-order valence-electron chi connectivity index (χ3n) is 2.61. The number of unbranched alkanes of at least 4 members (excludes halogenated alkanes) is 2. The molecule has 0 atom stereocenters. The van der Waals surface area contributed by atoms with Gasteiger partial charge in [0.05, 0.1) is 12.8 Å². The monoisotopic (exact) mass is 266 g/mol. The number of aliphatic hydroxyl groups excluding tert-OH is 1. The Balaban J connectivity index is 1.95. The first kappa shape index (κ1) is 15.4. The van der Waals surface area contributed by atoms with Crippen molar-refractivity contribution in [2.75, 3.05) is 19.8 Å². The van der Waals surface area contributed by atoms with Gasteiger partial charge in [0, 0.05) is 25.8 Å². The molecule has 1 amide bonds. The van der Waals surface area contributed by atoms with Crippen LogP contribution >= 0.6 is 0 Å². The van der Waals surface area contributed by atoms with Crippen LogP contribution in [0.5, 0.6) is 5.75 Å². The van der Waals surface area contributed by atoms with Gasteiger partial charge in [0.15, 0.2) is 0 Å². The summed E-state index contributed by atoms with van der Waals surface area (Å²) in [7, 11) is 0. The minimum atomic E-state index is 0.0544. The Hall–Kier alpha value is -1.62. The molecule has 0 aliphatic heterocycles. The zero-order valence-electron chi connectivity index (χ0n) is 11.2. The van der Waals surface area contributed by atoms with Crippen molar-refractivity contribution < 1.29 is 14.6 Å². The molecule has 0 unspecified atom stereocenters. The van der Waals surface area contributed by atoms with Gasteiger partial charge in [0.2, 0.25) is 5.91 Å². The number of rotatable bonds is 10. The van der Waals surface area contributed by atoms with Crippen molar-refractivity contribution in [1.29, 1.82) is 0 Å². The van der Waals surface area contributed by atoms with Gasteiger partial charge in [-0.05, 0) is 37.8 Å². The first-order valence-electron chi connectivity index (χ1n) is 6.73. The Morgan fingerprint density at radius 2 is 2.21 bits per heavy atom. The van der Waals surface area contributed by atoms with Gasteiger partial charge < -0.3 is 15.2 Å². The van der Waals surface area contributed by atoms with Gasteiger partial charge in [-0.15, -0.1) is 0 Å². The molecule has 5 heteroatoms. The molecule has 2 N–H and O–H groups in total. The number of carbonyl (C=O) groups excluding carboxylic acids is 1. The lowest BCUT2D eigenvalue weighted by atomic mass is 10.2. The van der Waals surface area contributed by atoms with Crippen molar-refractivity contribution in [3.05, 3.63) is 24.5 Å². The maximum absolute atomic E-state index is 11.5. The van der Waals surface area contributed by atoms with Crippen LogP contribution in [0.25, 0.3) is 0 Å². The predicted octanol–water partition coefficient (Wildman–Crippen LogP) is 1.52. The van der Waals surface area contributed by atoms with Crippen molar-refractivity contribution in [2.45, 2.75) is 32.1 Å². The molecule has 1 aromatic heterocycles. The highest BCUT2D eigenvalue weighted by molar-refractivity contribution is 5.75. The summed E-state index contributed by atoms with van der Waals surface area (Å²) >= 11 is 0. The molecule has 0 bridgehead atoms. The van der Waals surface area contributed by atoms with E-state index in [1.165, 1.54) is 0 Å². The van der Waals surface area contributed by atoms with Crippen LogP contribution < -0.4 is 10.1 Å². The molecule has 1 heterocycles. The smallest absolute Gasteiger partial charge is 0.220 e. The van der Waals surface area contributed by atoms with E-state index in [2.05, 4.69) is 10.3 Å². The van der Waals surface area contributed by atoms with Gasteiger partial charge in [0.1, 0.15) is 5.75 Å². The van der Waals surface area contributed by atoms with E-state index >= 15 is 0 Å². The van der Waals surface area contributed by atoms with E-state index in [1.54, 1.807) is 12.4 Å². The summed E-state index contributed by atoms with van der Waals surface area (Å²) in [5.74, 6) is 0.783. The molecule has 0 saturated heterocycles. The highest BCUT2D eigenvalue weighted by atomic mass is 16.5. The Bertz CT molecular complexity index is 344. The summed E-state index contributed by atoms with van der Waals surface area (Å²) in [4.78, 5) is 15.4. The SMILES string of the molecule is O=C(CCCOc1cccnc1)NCCCCCO. The lowest BCUT2D eigenvalue weighted by Crippen LogP contribution is -2.24. The third-order valence-corrected chi connectivity index (χ3v) is 2.61. The largest absolute Gasteiger partial charge is 0.492 e. The molecule has 0 fully saturated rings. The van der Waals surface area contributed by atoms with E-state index in [9.17, 15) is 4.79 Å². The molecule has 1 aromatic rings. The lowest BCUT2D eigenvalue weighted by Gasteiger charge is -2.06. The first-order valence-corrected chi connectivity index (χ1v) is 6.73. The van der Waals surface area contributed by atoms with Gasteiger partial charge >= 0.3 is 0 Å². The highest BCUT2D eigenvalue weighted by Crippen LogP contribution is 2.06. The number of amides is 1. The first-order chi connectivity index (χ1) is 9.33. The number of hydrogen-bond donors (Lipinski definition) is 2. The average Bonchev–Trinajstić information content (AvgIpc) is 2.44. The number of ether oxygens (including phenoxy) is 1. The van der Waals surface area contributed by atoms with Crippen LogP contribution in [0.3, 0.4) is 0 Å². The minimum Gasteiger partial charge on any atom is -0.492 e. The molecule has 19 heavy (non-hydrogen) atoms. The highest BCUT2D eigenvalue weighted by Gasteiger charge is 2.00. The van der Waals surface area contributed by atoms with E-state index in [0.717, 1.165) is 25.0 Å². The number of carbonyl (C=O) groups is 1.